The van der Waals surface area contributed by atoms with Crippen molar-refractivity contribution in [3.8, 4) is 0 Å². The van der Waals surface area contributed by atoms with Crippen LogP contribution in [0.25, 0.3) is 0 Å². The summed E-state index contributed by atoms with van der Waals surface area (Å²) in [5.41, 5.74) is 1.50. The van der Waals surface area contributed by atoms with Gasteiger partial charge in [-0.15, -0.1) is 0 Å². The molecule has 0 heterocycles. The van der Waals surface area contributed by atoms with Gasteiger partial charge in [0.2, 0.25) is 21.8 Å². The molecule has 166 valence electrons. The molecule has 0 aliphatic heterocycles. The Labute approximate surface area is 181 Å². The number of carbonyl (C=O) groups excluding carboxylic acids is 3. The number of nitrogens with one attached hydrogen (secondary N) is 4. The SMILES string of the molecule is CCC(=O)Nc1ccc(C(=O)NCCNS(=O)(=O)c2ccc(NC(=O)CC)cc2)cc1. The van der Waals surface area contributed by atoms with Crippen LogP contribution in [-0.2, 0) is 19.6 Å². The lowest BCUT2D eigenvalue weighted by Gasteiger charge is -2.10. The molecule has 2 aromatic rings. The molecule has 0 bridgehead atoms. The molecule has 0 unspecified atom stereocenters. The Balaban J connectivity index is 1.82. The van der Waals surface area contributed by atoms with E-state index < -0.39 is 10.0 Å². The average Bonchev–Trinajstić information content (AvgIpc) is 2.77. The lowest BCUT2D eigenvalue weighted by atomic mass is 10.2. The Morgan fingerprint density at radius 2 is 1.23 bits per heavy atom. The van der Waals surface area contributed by atoms with E-state index in [1.807, 2.05) is 0 Å². The Morgan fingerprint density at radius 1 is 0.742 bits per heavy atom. The molecule has 9 nitrogen and oxygen atoms in total. The van der Waals surface area contributed by atoms with Gasteiger partial charge in [-0.2, -0.15) is 0 Å². The van der Waals surface area contributed by atoms with E-state index in [1.165, 1.54) is 24.3 Å². The molecule has 0 saturated carbocycles. The first-order chi connectivity index (χ1) is 14.7. The van der Waals surface area contributed by atoms with Gasteiger partial charge in [0.05, 0.1) is 4.90 Å². The van der Waals surface area contributed by atoms with Crippen LogP contribution < -0.4 is 20.7 Å². The van der Waals surface area contributed by atoms with E-state index in [2.05, 4.69) is 20.7 Å². The maximum Gasteiger partial charge on any atom is 0.251 e. The minimum absolute atomic E-state index is 0.00698. The van der Waals surface area contributed by atoms with Crippen molar-refractivity contribution in [1.82, 2.24) is 10.0 Å². The Morgan fingerprint density at radius 3 is 1.71 bits per heavy atom. The fraction of sp³-hybridized carbons (Fsp3) is 0.286. The largest absolute Gasteiger partial charge is 0.351 e. The molecule has 2 aromatic carbocycles. The van der Waals surface area contributed by atoms with Crippen molar-refractivity contribution < 1.29 is 22.8 Å². The van der Waals surface area contributed by atoms with Crippen LogP contribution in [0.15, 0.2) is 53.4 Å². The summed E-state index contributed by atoms with van der Waals surface area (Å²) >= 11 is 0. The van der Waals surface area contributed by atoms with Gasteiger partial charge in [-0.05, 0) is 48.5 Å². The summed E-state index contributed by atoms with van der Waals surface area (Å²) in [4.78, 5) is 35.0. The topological polar surface area (TPSA) is 133 Å². The lowest BCUT2D eigenvalue weighted by Crippen LogP contribution is -2.34. The smallest absolute Gasteiger partial charge is 0.251 e. The third-order valence-electron chi connectivity index (χ3n) is 4.22. The maximum atomic E-state index is 12.3. The highest BCUT2D eigenvalue weighted by molar-refractivity contribution is 7.89. The summed E-state index contributed by atoms with van der Waals surface area (Å²) in [5.74, 6) is -0.641. The molecule has 0 atom stereocenters. The second kappa shape index (κ2) is 11.2. The van der Waals surface area contributed by atoms with E-state index in [9.17, 15) is 22.8 Å². The lowest BCUT2D eigenvalue weighted by molar-refractivity contribution is -0.116. The Kier molecular flexibility index (Phi) is 8.71. The van der Waals surface area contributed by atoms with Gasteiger partial charge >= 0.3 is 0 Å². The van der Waals surface area contributed by atoms with E-state index in [-0.39, 0.29) is 35.7 Å². The normalized spacial score (nSPS) is 10.9. The van der Waals surface area contributed by atoms with Gasteiger partial charge in [-0.25, -0.2) is 13.1 Å². The van der Waals surface area contributed by atoms with Crippen LogP contribution in [0.5, 0.6) is 0 Å². The van der Waals surface area contributed by atoms with Crippen LogP contribution in [0.1, 0.15) is 37.0 Å². The van der Waals surface area contributed by atoms with Crippen molar-refractivity contribution in [1.29, 1.82) is 0 Å². The highest BCUT2D eigenvalue weighted by Crippen LogP contribution is 2.14. The number of benzene rings is 2. The van der Waals surface area contributed by atoms with Crippen LogP contribution in [0, 0.1) is 0 Å². The van der Waals surface area contributed by atoms with Gasteiger partial charge < -0.3 is 16.0 Å². The van der Waals surface area contributed by atoms with Crippen LogP contribution in [0.2, 0.25) is 0 Å². The summed E-state index contributed by atoms with van der Waals surface area (Å²) in [6, 6.07) is 12.2. The minimum atomic E-state index is -3.75. The molecule has 2 rings (SSSR count). The van der Waals surface area contributed by atoms with E-state index in [0.29, 0.717) is 29.8 Å². The predicted octanol–water partition coefficient (Wildman–Crippen LogP) is 2.09. The molecule has 0 aliphatic carbocycles. The molecule has 0 radical (unpaired) electrons. The van der Waals surface area contributed by atoms with Crippen molar-refractivity contribution in [3.63, 3.8) is 0 Å². The van der Waals surface area contributed by atoms with Gasteiger partial charge in [0, 0.05) is 42.9 Å². The standard InChI is InChI=1S/C21H26N4O5S/c1-3-19(26)24-16-7-5-15(6-8-16)21(28)22-13-14-23-31(29,30)18-11-9-17(10-12-18)25-20(27)4-2/h5-12,23H,3-4,13-14H2,1-2H3,(H,22,28)(H,24,26)(H,25,27). The second-order valence-corrected chi connectivity index (χ2v) is 8.33. The number of sulfonamides is 1. The molecule has 31 heavy (non-hydrogen) atoms. The third kappa shape index (κ3) is 7.50. The molecule has 4 N–H and O–H groups in total. The zero-order chi connectivity index (χ0) is 22.9. The van der Waals surface area contributed by atoms with Crippen molar-refractivity contribution >= 4 is 39.1 Å². The molecule has 0 aromatic heterocycles. The highest BCUT2D eigenvalue weighted by atomic mass is 32.2. The molecule has 3 amide bonds. The van der Waals surface area contributed by atoms with Gasteiger partial charge in [-0.1, -0.05) is 13.8 Å². The zero-order valence-corrected chi connectivity index (χ0v) is 18.2. The highest BCUT2D eigenvalue weighted by Gasteiger charge is 2.14. The first kappa shape index (κ1) is 24.0. The van der Waals surface area contributed by atoms with Gasteiger partial charge in [0.15, 0.2) is 0 Å². The molecular formula is C21H26N4O5S. The quantitative estimate of drug-likeness (QED) is 0.415. The van der Waals surface area contributed by atoms with Gasteiger partial charge in [0.1, 0.15) is 0 Å². The summed E-state index contributed by atoms with van der Waals surface area (Å²) in [6.45, 7) is 3.57. The third-order valence-corrected chi connectivity index (χ3v) is 5.70. The molecule has 0 saturated heterocycles. The summed E-state index contributed by atoms with van der Waals surface area (Å²) in [7, 11) is -3.75. The number of amides is 3. The number of hydrogen-bond donors (Lipinski definition) is 4. The summed E-state index contributed by atoms with van der Waals surface area (Å²) < 4.78 is 27.1. The first-order valence-corrected chi connectivity index (χ1v) is 11.3. The van der Waals surface area contributed by atoms with Crippen molar-refractivity contribution in [2.45, 2.75) is 31.6 Å². The van der Waals surface area contributed by atoms with E-state index >= 15 is 0 Å². The fourth-order valence-corrected chi connectivity index (χ4v) is 3.50. The second-order valence-electron chi connectivity index (χ2n) is 6.56. The van der Waals surface area contributed by atoms with Crippen LogP contribution in [0.4, 0.5) is 11.4 Å². The molecule has 10 heteroatoms. The molecule has 0 spiro atoms. The number of hydrogen-bond acceptors (Lipinski definition) is 5. The number of rotatable bonds is 10. The van der Waals surface area contributed by atoms with Crippen molar-refractivity contribution in [2.75, 3.05) is 23.7 Å². The molecular weight excluding hydrogens is 420 g/mol. The van der Waals surface area contributed by atoms with Crippen molar-refractivity contribution in [2.24, 2.45) is 0 Å². The summed E-state index contributed by atoms with van der Waals surface area (Å²) in [6.07, 6.45) is 0.685. The minimum Gasteiger partial charge on any atom is -0.351 e. The summed E-state index contributed by atoms with van der Waals surface area (Å²) in [5, 5.41) is 7.96. The zero-order valence-electron chi connectivity index (χ0n) is 17.4. The van der Waals surface area contributed by atoms with Gasteiger partial charge in [-0.3, -0.25) is 14.4 Å². The van der Waals surface area contributed by atoms with Crippen LogP contribution in [0.3, 0.4) is 0 Å². The maximum absolute atomic E-state index is 12.3. The number of carbonyl (C=O) groups is 3. The first-order valence-electron chi connectivity index (χ1n) is 9.83. The van der Waals surface area contributed by atoms with Crippen LogP contribution in [-0.4, -0.2) is 39.2 Å². The molecule has 0 fully saturated rings. The predicted molar refractivity (Wildman–Crippen MR) is 118 cm³/mol. The van der Waals surface area contributed by atoms with E-state index in [1.54, 1.807) is 38.1 Å². The Hall–Kier alpha value is -3.24. The van der Waals surface area contributed by atoms with E-state index in [0.717, 1.165) is 0 Å². The Bertz CT molecular complexity index is 1020. The monoisotopic (exact) mass is 446 g/mol. The van der Waals surface area contributed by atoms with Crippen molar-refractivity contribution in [3.05, 3.63) is 54.1 Å². The fourth-order valence-electron chi connectivity index (χ4n) is 2.47. The average molecular weight is 447 g/mol. The van der Waals surface area contributed by atoms with Crippen LogP contribution >= 0.6 is 0 Å². The number of anilines is 2. The van der Waals surface area contributed by atoms with E-state index in [4.69, 9.17) is 0 Å². The molecule has 0 aliphatic rings. The van der Waals surface area contributed by atoms with Gasteiger partial charge in [0.25, 0.3) is 5.91 Å².